The van der Waals surface area contributed by atoms with E-state index in [1.54, 1.807) is 6.26 Å². The van der Waals surface area contributed by atoms with Crippen LogP contribution in [0.25, 0.3) is 0 Å². The first-order chi connectivity index (χ1) is 23.3. The molecule has 0 aromatic carbocycles. The molecular formula is C41H64N2O6S. The minimum atomic E-state index is -2.87. The Hall–Kier alpha value is -1.68. The van der Waals surface area contributed by atoms with E-state index < -0.39 is 21.6 Å². The summed E-state index contributed by atoms with van der Waals surface area (Å²) in [6, 6.07) is 0. The zero-order chi connectivity index (χ0) is 36.1. The van der Waals surface area contributed by atoms with Crippen molar-refractivity contribution in [3.63, 3.8) is 0 Å². The highest BCUT2D eigenvalue weighted by Gasteiger charge is 2.70. The number of aliphatic carboxylic acids is 1. The number of carboxylic acids is 1. The van der Waals surface area contributed by atoms with Crippen LogP contribution >= 0.6 is 0 Å². The van der Waals surface area contributed by atoms with Gasteiger partial charge in [0, 0.05) is 44.2 Å². The molecule has 2 N–H and O–H groups in total. The standard InChI is InChI=1S/C41H64N2O6S/c1-27(2)29-11-16-41(42-19-20-43-21-23-50(46,47)24-22-43)18-17-38(6)31(34(29)41)9-10-33-37(5)14-12-30(28-25-48-40(8,35(44)45)49-26-28)36(3,4)32(37)13-15-39(33,38)7/h12,25,29,31-34,42H,1,9-11,13-24,26H2,2-8H3,(H,44,45)/t29-,31+,32-,33+,34+,37-,38+,39+,40?,41-/m0/s1. The maximum Gasteiger partial charge on any atom is 0.376 e. The topological polar surface area (TPSA) is 105 Å². The van der Waals surface area contributed by atoms with Gasteiger partial charge in [0.1, 0.15) is 0 Å². The molecule has 0 aromatic heterocycles. The van der Waals surface area contributed by atoms with E-state index in [1.165, 1.54) is 69.4 Å². The van der Waals surface area contributed by atoms with E-state index >= 15 is 0 Å². The molecule has 1 saturated heterocycles. The lowest BCUT2D eigenvalue weighted by Crippen LogP contribution is -2.68. The Balaban J connectivity index is 1.13. The van der Waals surface area contributed by atoms with Crippen LogP contribution in [-0.2, 0) is 24.1 Å². The summed E-state index contributed by atoms with van der Waals surface area (Å²) >= 11 is 0. The zero-order valence-electron chi connectivity index (χ0n) is 31.9. The molecule has 0 spiro atoms. The fourth-order valence-electron chi connectivity index (χ4n) is 13.8. The number of fused-ring (bicyclic) bond motifs is 7. The van der Waals surface area contributed by atoms with Crippen LogP contribution in [0.2, 0.25) is 0 Å². The summed E-state index contributed by atoms with van der Waals surface area (Å²) < 4.78 is 35.5. The monoisotopic (exact) mass is 712 g/mol. The van der Waals surface area contributed by atoms with E-state index in [4.69, 9.17) is 9.47 Å². The minimum Gasteiger partial charge on any atom is -0.476 e. The number of ether oxygens (including phenoxy) is 2. The highest BCUT2D eigenvalue weighted by atomic mass is 32.2. The summed E-state index contributed by atoms with van der Waals surface area (Å²) in [7, 11) is -2.87. The SMILES string of the molecule is C=C(C)[C@@H]1CC[C@]2(NCCN3CCS(=O)(=O)CC3)CC[C@]3(C)[C@H](CC[C@@H]4[C@@]5(C)CC=C(C6=COC(C)(C(=O)O)OC6)C(C)(C)[C@@H]5CC[C@]43C)[C@@H]12. The summed E-state index contributed by atoms with van der Waals surface area (Å²) in [5.74, 6) is 0.797. The van der Waals surface area contributed by atoms with Gasteiger partial charge in [-0.05, 0) is 122 Å². The quantitative estimate of drug-likeness (QED) is 0.273. The van der Waals surface area contributed by atoms with Crippen LogP contribution in [0.3, 0.4) is 0 Å². The number of sulfone groups is 1. The largest absolute Gasteiger partial charge is 0.476 e. The molecule has 0 radical (unpaired) electrons. The molecule has 4 saturated carbocycles. The Labute approximate surface area is 301 Å². The van der Waals surface area contributed by atoms with Crippen LogP contribution in [-0.4, -0.2) is 80.0 Å². The van der Waals surface area contributed by atoms with Crippen molar-refractivity contribution in [1.29, 1.82) is 0 Å². The van der Waals surface area contributed by atoms with Gasteiger partial charge in [-0.3, -0.25) is 0 Å². The van der Waals surface area contributed by atoms with Crippen LogP contribution in [0.5, 0.6) is 0 Å². The van der Waals surface area contributed by atoms with Gasteiger partial charge >= 0.3 is 11.8 Å². The van der Waals surface area contributed by atoms with E-state index in [9.17, 15) is 18.3 Å². The molecule has 2 aliphatic heterocycles. The van der Waals surface area contributed by atoms with Gasteiger partial charge in [0.2, 0.25) is 0 Å². The third-order valence-corrected chi connectivity index (χ3v) is 18.3. The van der Waals surface area contributed by atoms with Gasteiger partial charge in [0.15, 0.2) is 9.84 Å². The van der Waals surface area contributed by atoms with Gasteiger partial charge in [0.05, 0.1) is 24.4 Å². The van der Waals surface area contributed by atoms with Gasteiger partial charge in [0.25, 0.3) is 0 Å². The van der Waals surface area contributed by atoms with Crippen molar-refractivity contribution in [2.75, 3.05) is 44.3 Å². The number of nitrogens with zero attached hydrogens (tertiary/aromatic N) is 1. The summed E-state index contributed by atoms with van der Waals surface area (Å²) in [6.45, 7) is 24.5. The Morgan fingerprint density at radius 2 is 1.70 bits per heavy atom. The van der Waals surface area contributed by atoms with Crippen LogP contribution in [0.1, 0.15) is 106 Å². The number of nitrogens with one attached hydrogen (secondary N) is 1. The van der Waals surface area contributed by atoms with E-state index in [0.717, 1.165) is 25.1 Å². The average molecular weight is 713 g/mol. The molecule has 8 nitrogen and oxygen atoms in total. The van der Waals surface area contributed by atoms with E-state index in [-0.39, 0.29) is 33.8 Å². The maximum absolute atomic E-state index is 12.0. The lowest BCUT2D eigenvalue weighted by atomic mass is 9.33. The molecule has 9 heteroatoms. The molecule has 0 amide bonds. The zero-order valence-corrected chi connectivity index (χ0v) is 32.7. The van der Waals surface area contributed by atoms with Crippen molar-refractivity contribution in [3.05, 3.63) is 35.6 Å². The van der Waals surface area contributed by atoms with E-state index in [0.29, 0.717) is 54.2 Å². The number of rotatable bonds is 7. The predicted octanol–water partition coefficient (Wildman–Crippen LogP) is 6.98. The molecular weight excluding hydrogens is 649 g/mol. The van der Waals surface area contributed by atoms with Crippen molar-refractivity contribution in [2.45, 2.75) is 118 Å². The lowest BCUT2D eigenvalue weighted by Gasteiger charge is -2.72. The number of hydrogen-bond donors (Lipinski definition) is 2. The average Bonchev–Trinajstić information content (AvgIpc) is 3.43. The molecule has 0 bridgehead atoms. The first-order valence-electron chi connectivity index (χ1n) is 19.6. The third-order valence-electron chi connectivity index (χ3n) is 16.6. The molecule has 7 aliphatic rings. The maximum atomic E-state index is 12.0. The van der Waals surface area contributed by atoms with Gasteiger partial charge in [-0.25, -0.2) is 13.2 Å². The normalized spacial score (nSPS) is 46.6. The smallest absolute Gasteiger partial charge is 0.376 e. The Morgan fingerprint density at radius 3 is 2.34 bits per heavy atom. The van der Waals surface area contributed by atoms with Crippen molar-refractivity contribution in [2.24, 2.45) is 51.2 Å². The van der Waals surface area contributed by atoms with Gasteiger partial charge in [-0.15, -0.1) is 0 Å². The molecule has 1 unspecified atom stereocenters. The summed E-state index contributed by atoms with van der Waals surface area (Å²) in [6.07, 6.45) is 15.0. The Morgan fingerprint density at radius 1 is 0.980 bits per heavy atom. The summed E-state index contributed by atoms with van der Waals surface area (Å²) in [5, 5.41) is 13.8. The second-order valence-corrected chi connectivity index (χ2v) is 21.4. The molecule has 280 valence electrons. The van der Waals surface area contributed by atoms with Gasteiger partial charge in [-0.2, -0.15) is 0 Å². The van der Waals surface area contributed by atoms with Gasteiger partial charge < -0.3 is 24.8 Å². The number of carbonyl (C=O) groups is 1. The molecule has 50 heavy (non-hydrogen) atoms. The first kappa shape index (κ1) is 36.7. The Bertz CT molecular complexity index is 1570. The van der Waals surface area contributed by atoms with Gasteiger partial charge in [-0.1, -0.05) is 52.8 Å². The van der Waals surface area contributed by atoms with E-state index in [2.05, 4.69) is 64.4 Å². The molecule has 10 atom stereocenters. The minimum absolute atomic E-state index is 0.0811. The van der Waals surface area contributed by atoms with Crippen molar-refractivity contribution in [1.82, 2.24) is 10.2 Å². The van der Waals surface area contributed by atoms with Crippen LogP contribution in [0.15, 0.2) is 35.6 Å². The number of allylic oxidation sites excluding steroid dienone is 2. The highest BCUT2D eigenvalue weighted by Crippen LogP contribution is 2.76. The molecule has 5 aliphatic carbocycles. The summed E-state index contributed by atoms with van der Waals surface area (Å²) in [5.41, 5.74) is 4.34. The third kappa shape index (κ3) is 5.43. The fourth-order valence-corrected chi connectivity index (χ4v) is 15.0. The molecule has 2 heterocycles. The second kappa shape index (κ2) is 12.2. The molecule has 5 fully saturated rings. The van der Waals surface area contributed by atoms with E-state index in [1.807, 2.05) is 0 Å². The predicted molar refractivity (Wildman–Crippen MR) is 197 cm³/mol. The molecule has 0 aromatic rings. The van der Waals surface area contributed by atoms with Crippen molar-refractivity contribution < 1.29 is 27.8 Å². The van der Waals surface area contributed by atoms with Crippen molar-refractivity contribution in [3.8, 4) is 0 Å². The van der Waals surface area contributed by atoms with Crippen LogP contribution in [0, 0.1) is 51.2 Å². The number of carboxylic acid groups (broad SMARTS) is 1. The van der Waals surface area contributed by atoms with Crippen molar-refractivity contribution >= 4 is 15.8 Å². The first-order valence-corrected chi connectivity index (χ1v) is 21.4. The Kier molecular flexibility index (Phi) is 8.93. The van der Waals surface area contributed by atoms with Crippen LogP contribution in [0.4, 0.5) is 0 Å². The molecule has 7 rings (SSSR count). The van der Waals surface area contributed by atoms with Crippen LogP contribution < -0.4 is 5.32 Å². The fraction of sp³-hybridized carbons (Fsp3) is 0.829. The lowest BCUT2D eigenvalue weighted by molar-refractivity contribution is -0.225. The number of hydrogen-bond acceptors (Lipinski definition) is 7. The highest BCUT2D eigenvalue weighted by molar-refractivity contribution is 7.91. The second-order valence-electron chi connectivity index (χ2n) is 19.1. The summed E-state index contributed by atoms with van der Waals surface area (Å²) in [4.78, 5) is 14.1.